The average Bonchev–Trinajstić information content (AvgIpc) is 2.57. The van der Waals surface area contributed by atoms with Gasteiger partial charge in [-0.2, -0.15) is 0 Å². The van der Waals surface area contributed by atoms with Crippen molar-refractivity contribution in [1.29, 1.82) is 0 Å². The maximum atomic E-state index is 15.0. The van der Waals surface area contributed by atoms with E-state index in [1.165, 1.54) is 0 Å². The minimum absolute atomic E-state index is 0. The molecular weight excluding hydrogens is 373 g/mol. The van der Waals surface area contributed by atoms with Crippen molar-refractivity contribution in [3.05, 3.63) is 17.7 Å². The molecule has 18 heavy (non-hydrogen) atoms. The molecule has 4 nitrogen and oxygen atoms in total. The molecule has 1 aromatic heterocycles. The molecule has 1 aromatic rings. The van der Waals surface area contributed by atoms with Crippen LogP contribution in [0.15, 0.2) is 0 Å². The van der Waals surface area contributed by atoms with E-state index in [1.54, 1.807) is 6.92 Å². The number of hydrogen-bond donors (Lipinski definition) is 0. The Hall–Kier alpha value is 1.27. The largest absolute Gasteiger partial charge is 1.00 e. The van der Waals surface area contributed by atoms with Gasteiger partial charge in [0.15, 0.2) is 5.79 Å². The minimum atomic E-state index is -1.58. The summed E-state index contributed by atoms with van der Waals surface area (Å²) in [5.41, 5.74) is 0. The average molecular weight is 390 g/mol. The SMILES string of the molecule is Cc1nnc2n1[C-](C)C(I)N(C(C)C)C2(C)F.[K+]. The number of fused-ring (bicyclic) bond motifs is 1. The number of aryl methyl sites for hydroxylation is 1. The van der Waals surface area contributed by atoms with Crippen LogP contribution in [0.3, 0.4) is 0 Å². The summed E-state index contributed by atoms with van der Waals surface area (Å²) < 4.78 is 16.8. The molecule has 0 spiro atoms. The van der Waals surface area contributed by atoms with Crippen molar-refractivity contribution in [3.63, 3.8) is 0 Å². The molecule has 2 atom stereocenters. The molecule has 0 aromatic carbocycles. The topological polar surface area (TPSA) is 34.0 Å². The predicted molar refractivity (Wildman–Crippen MR) is 72.3 cm³/mol. The monoisotopic (exact) mass is 390 g/mol. The van der Waals surface area contributed by atoms with E-state index in [2.05, 4.69) is 32.8 Å². The van der Waals surface area contributed by atoms with Crippen LogP contribution in [-0.4, -0.2) is 29.8 Å². The number of halogens is 2. The molecule has 0 fully saturated rings. The van der Waals surface area contributed by atoms with Crippen LogP contribution in [0.2, 0.25) is 0 Å². The summed E-state index contributed by atoms with van der Waals surface area (Å²) in [4.78, 5) is 1.83. The summed E-state index contributed by atoms with van der Waals surface area (Å²) >= 11 is 2.27. The van der Waals surface area contributed by atoms with Crippen LogP contribution in [0.25, 0.3) is 0 Å². The normalized spacial score (nSPS) is 28.2. The summed E-state index contributed by atoms with van der Waals surface area (Å²) in [6, 6.07) is 1.17. The Morgan fingerprint density at radius 3 is 2.50 bits per heavy atom. The van der Waals surface area contributed by atoms with Gasteiger partial charge in [-0.1, -0.05) is 42.5 Å². The van der Waals surface area contributed by atoms with Crippen LogP contribution in [-0.2, 0) is 5.79 Å². The summed E-state index contributed by atoms with van der Waals surface area (Å²) in [7, 11) is 0. The van der Waals surface area contributed by atoms with E-state index in [9.17, 15) is 0 Å². The van der Waals surface area contributed by atoms with E-state index in [1.807, 2.05) is 37.2 Å². The van der Waals surface area contributed by atoms with Gasteiger partial charge in [0.05, 0.1) is 9.87 Å². The molecule has 0 aliphatic carbocycles. The van der Waals surface area contributed by atoms with Crippen LogP contribution in [0, 0.1) is 13.0 Å². The van der Waals surface area contributed by atoms with Gasteiger partial charge in [-0.05, 0) is 20.8 Å². The fourth-order valence-electron chi connectivity index (χ4n) is 2.46. The first-order chi connectivity index (χ1) is 7.78. The molecule has 2 unspecified atom stereocenters. The fraction of sp³-hybridized carbons (Fsp3) is 0.727. The molecule has 0 radical (unpaired) electrons. The first-order valence-electron chi connectivity index (χ1n) is 5.66. The molecule has 0 bridgehead atoms. The van der Waals surface area contributed by atoms with Crippen LogP contribution in [0.1, 0.15) is 39.3 Å². The van der Waals surface area contributed by atoms with Crippen molar-refractivity contribution in [2.24, 2.45) is 0 Å². The maximum absolute atomic E-state index is 15.0. The molecule has 96 valence electrons. The summed E-state index contributed by atoms with van der Waals surface area (Å²) in [6.07, 6.45) is 0. The number of hydrogen-bond acceptors (Lipinski definition) is 3. The van der Waals surface area contributed by atoms with Crippen LogP contribution in [0.5, 0.6) is 0 Å². The molecular formula is C11H17FIKN4. The zero-order chi connectivity index (χ0) is 13.0. The summed E-state index contributed by atoms with van der Waals surface area (Å²) in [6.45, 7) is 9.41. The van der Waals surface area contributed by atoms with Gasteiger partial charge in [-0.3, -0.25) is 4.90 Å². The van der Waals surface area contributed by atoms with Gasteiger partial charge in [0, 0.05) is 11.9 Å². The first-order valence-corrected chi connectivity index (χ1v) is 6.90. The maximum Gasteiger partial charge on any atom is 1.00 e. The smallest absolute Gasteiger partial charge is 0.445 e. The van der Waals surface area contributed by atoms with E-state index in [0.717, 1.165) is 11.9 Å². The van der Waals surface area contributed by atoms with E-state index < -0.39 is 5.79 Å². The second kappa shape index (κ2) is 5.94. The Morgan fingerprint density at radius 1 is 1.44 bits per heavy atom. The van der Waals surface area contributed by atoms with Gasteiger partial charge >= 0.3 is 51.4 Å². The Morgan fingerprint density at radius 2 is 2.00 bits per heavy atom. The van der Waals surface area contributed by atoms with E-state index in [4.69, 9.17) is 0 Å². The van der Waals surface area contributed by atoms with Crippen molar-refractivity contribution < 1.29 is 55.8 Å². The van der Waals surface area contributed by atoms with Gasteiger partial charge in [-0.15, -0.1) is 0 Å². The Bertz CT molecular complexity index is 435. The van der Waals surface area contributed by atoms with Crippen molar-refractivity contribution in [2.45, 2.75) is 50.5 Å². The number of alkyl halides is 2. The molecule has 2 rings (SSSR count). The van der Waals surface area contributed by atoms with Gasteiger partial charge in [0.2, 0.25) is 0 Å². The van der Waals surface area contributed by atoms with Gasteiger partial charge in [-0.25, -0.2) is 14.6 Å². The van der Waals surface area contributed by atoms with Crippen molar-refractivity contribution in [2.75, 3.05) is 0 Å². The van der Waals surface area contributed by atoms with Crippen molar-refractivity contribution >= 4 is 22.6 Å². The zero-order valence-corrected chi connectivity index (χ0v) is 17.0. The Labute approximate surface area is 164 Å². The van der Waals surface area contributed by atoms with Gasteiger partial charge in [0.1, 0.15) is 0 Å². The summed E-state index contributed by atoms with van der Waals surface area (Å²) in [5, 5.41) is 7.99. The molecule has 7 heteroatoms. The second-order valence-corrected chi connectivity index (χ2v) is 6.02. The van der Waals surface area contributed by atoms with E-state index in [0.29, 0.717) is 5.82 Å². The third-order valence-corrected chi connectivity index (χ3v) is 4.72. The van der Waals surface area contributed by atoms with Gasteiger partial charge in [0.25, 0.3) is 0 Å². The molecule has 0 N–H and O–H groups in total. The molecule has 2 heterocycles. The first kappa shape index (κ1) is 17.3. The molecule has 0 saturated heterocycles. The third kappa shape index (κ3) is 2.56. The Kier molecular flexibility index (Phi) is 5.72. The van der Waals surface area contributed by atoms with Crippen LogP contribution in [0.4, 0.5) is 4.39 Å². The molecule has 0 saturated carbocycles. The Balaban J connectivity index is 0.00000162. The second-order valence-electron chi connectivity index (χ2n) is 4.84. The summed E-state index contributed by atoms with van der Waals surface area (Å²) in [5.74, 6) is -0.457. The third-order valence-electron chi connectivity index (χ3n) is 3.22. The fourth-order valence-corrected chi connectivity index (χ4v) is 3.91. The molecule has 1 aliphatic heterocycles. The van der Waals surface area contributed by atoms with Crippen molar-refractivity contribution in [1.82, 2.24) is 19.7 Å². The molecule has 0 amide bonds. The standard InChI is InChI=1S/C11H17FIN4.K/c1-6(2)17-9(13)7(3)16-8(4)14-15-10(16)11(17,5)12;/h6,9H,1-5H3;/q-1;+1. The quantitative estimate of drug-likeness (QED) is 0.216. The number of nitrogens with zero attached hydrogens (tertiary/aromatic N) is 4. The van der Waals surface area contributed by atoms with Crippen LogP contribution >= 0.6 is 22.6 Å². The minimum Gasteiger partial charge on any atom is -0.445 e. The van der Waals surface area contributed by atoms with E-state index in [-0.39, 0.29) is 61.5 Å². The van der Waals surface area contributed by atoms with Gasteiger partial charge < -0.3 is 4.57 Å². The van der Waals surface area contributed by atoms with Crippen molar-refractivity contribution in [3.8, 4) is 0 Å². The molecule has 1 aliphatic rings. The van der Waals surface area contributed by atoms with E-state index >= 15 is 4.39 Å². The number of aromatic nitrogens is 3. The van der Waals surface area contributed by atoms with Crippen LogP contribution < -0.4 is 51.4 Å². The predicted octanol–water partition coefficient (Wildman–Crippen LogP) is -0.382. The zero-order valence-electron chi connectivity index (χ0n) is 11.7. The number of rotatable bonds is 1.